The molecule has 0 spiro atoms. The molecular formula is C25H19N3O2S. The Labute approximate surface area is 183 Å². The van der Waals surface area contributed by atoms with Crippen molar-refractivity contribution in [1.29, 1.82) is 0 Å². The molecule has 1 atom stereocenters. The number of carbonyl (C=O) groups is 2. The van der Waals surface area contributed by atoms with Crippen molar-refractivity contribution in [1.82, 2.24) is 9.97 Å². The summed E-state index contributed by atoms with van der Waals surface area (Å²) < 4.78 is 0. The van der Waals surface area contributed by atoms with Crippen molar-refractivity contribution >= 4 is 44.6 Å². The van der Waals surface area contributed by atoms with Crippen LogP contribution in [-0.2, 0) is 12.8 Å². The van der Waals surface area contributed by atoms with E-state index in [2.05, 4.69) is 22.2 Å². The normalized spacial score (nSPS) is 17.3. The predicted molar refractivity (Wildman–Crippen MR) is 122 cm³/mol. The number of rotatable bonds is 2. The van der Waals surface area contributed by atoms with Gasteiger partial charge in [-0.25, -0.2) is 9.97 Å². The Bertz CT molecular complexity index is 1410. The van der Waals surface area contributed by atoms with Crippen LogP contribution in [0.2, 0.25) is 0 Å². The summed E-state index contributed by atoms with van der Waals surface area (Å²) in [6, 6.07) is 12.3. The summed E-state index contributed by atoms with van der Waals surface area (Å²) in [4.78, 5) is 37.3. The number of ketones is 2. The van der Waals surface area contributed by atoms with Crippen molar-refractivity contribution in [3.63, 3.8) is 0 Å². The van der Waals surface area contributed by atoms with Crippen LogP contribution in [-0.4, -0.2) is 21.5 Å². The molecule has 0 amide bonds. The van der Waals surface area contributed by atoms with Crippen LogP contribution >= 0.6 is 11.3 Å². The highest BCUT2D eigenvalue weighted by Crippen LogP contribution is 2.40. The quantitative estimate of drug-likeness (QED) is 0.414. The lowest BCUT2D eigenvalue weighted by molar-refractivity contribution is 0.0979. The molecule has 1 N–H and O–H groups in total. The molecule has 2 aromatic carbocycles. The first-order valence-electron chi connectivity index (χ1n) is 10.4. The minimum absolute atomic E-state index is 0.109. The van der Waals surface area contributed by atoms with Gasteiger partial charge in [0.15, 0.2) is 11.6 Å². The lowest BCUT2D eigenvalue weighted by atomic mass is 9.84. The lowest BCUT2D eigenvalue weighted by Crippen LogP contribution is -2.20. The van der Waals surface area contributed by atoms with Crippen molar-refractivity contribution in [2.75, 3.05) is 5.32 Å². The van der Waals surface area contributed by atoms with Gasteiger partial charge in [-0.15, -0.1) is 11.3 Å². The molecule has 152 valence electrons. The summed E-state index contributed by atoms with van der Waals surface area (Å²) in [6.45, 7) is 2.29. The van der Waals surface area contributed by atoms with Gasteiger partial charge in [-0.2, -0.15) is 0 Å². The van der Waals surface area contributed by atoms with Crippen molar-refractivity contribution in [2.24, 2.45) is 5.92 Å². The summed E-state index contributed by atoms with van der Waals surface area (Å²) in [5, 5.41) is 4.48. The van der Waals surface area contributed by atoms with E-state index < -0.39 is 0 Å². The van der Waals surface area contributed by atoms with Gasteiger partial charge in [0, 0.05) is 32.8 Å². The van der Waals surface area contributed by atoms with Crippen LogP contribution in [0.3, 0.4) is 0 Å². The number of thiophene rings is 1. The Hall–Kier alpha value is -3.38. The van der Waals surface area contributed by atoms with E-state index in [1.54, 1.807) is 54.1 Å². The van der Waals surface area contributed by atoms with E-state index in [4.69, 9.17) is 0 Å². The van der Waals surface area contributed by atoms with Crippen LogP contribution in [0.15, 0.2) is 48.8 Å². The molecule has 0 saturated carbocycles. The maximum Gasteiger partial charge on any atom is 0.194 e. The molecule has 2 aliphatic rings. The molecule has 1 unspecified atom stereocenters. The Balaban J connectivity index is 1.42. The fourth-order valence-electron chi connectivity index (χ4n) is 4.68. The van der Waals surface area contributed by atoms with Crippen LogP contribution in [0.5, 0.6) is 0 Å². The van der Waals surface area contributed by atoms with E-state index in [0.717, 1.165) is 34.6 Å². The van der Waals surface area contributed by atoms with Crippen LogP contribution in [0.1, 0.15) is 55.6 Å². The first kappa shape index (κ1) is 18.4. The monoisotopic (exact) mass is 425 g/mol. The highest BCUT2D eigenvalue weighted by atomic mass is 32.1. The molecule has 4 aromatic rings. The molecular weight excluding hydrogens is 406 g/mol. The minimum atomic E-state index is -0.122. The maximum atomic E-state index is 13.0. The Kier molecular flexibility index (Phi) is 4.05. The van der Waals surface area contributed by atoms with Gasteiger partial charge < -0.3 is 5.32 Å². The molecule has 2 aliphatic carbocycles. The van der Waals surface area contributed by atoms with E-state index in [1.165, 1.54) is 16.9 Å². The number of fused-ring (bicyclic) bond motifs is 5. The van der Waals surface area contributed by atoms with Crippen molar-refractivity contribution in [3.8, 4) is 0 Å². The lowest BCUT2D eigenvalue weighted by Gasteiger charge is -2.19. The predicted octanol–water partition coefficient (Wildman–Crippen LogP) is 5.34. The third-order valence-corrected chi connectivity index (χ3v) is 7.44. The second-order valence-electron chi connectivity index (χ2n) is 8.34. The van der Waals surface area contributed by atoms with Gasteiger partial charge >= 0.3 is 0 Å². The molecule has 0 aliphatic heterocycles. The Morgan fingerprint density at radius 1 is 0.968 bits per heavy atom. The summed E-state index contributed by atoms with van der Waals surface area (Å²) in [5.41, 5.74) is 3.90. The van der Waals surface area contributed by atoms with Gasteiger partial charge in [-0.05, 0) is 48.9 Å². The third-order valence-electron chi connectivity index (χ3n) is 6.28. The van der Waals surface area contributed by atoms with Crippen LogP contribution < -0.4 is 5.32 Å². The van der Waals surface area contributed by atoms with Crippen LogP contribution in [0.4, 0.5) is 11.5 Å². The summed E-state index contributed by atoms with van der Waals surface area (Å²) in [6.07, 6.45) is 4.87. The van der Waals surface area contributed by atoms with E-state index in [0.29, 0.717) is 28.2 Å². The second-order valence-corrected chi connectivity index (χ2v) is 9.43. The molecule has 6 rings (SSSR count). The first-order valence-corrected chi connectivity index (χ1v) is 11.3. The number of hydrogen-bond donors (Lipinski definition) is 1. The molecule has 6 heteroatoms. The third kappa shape index (κ3) is 2.82. The SMILES string of the molecule is CC1CCc2c(sc3ncnc(Nc4ccc5c(c4)C(=O)c4ccccc4C5=O)c23)C1. The van der Waals surface area contributed by atoms with Gasteiger partial charge in [0.05, 0.1) is 5.39 Å². The van der Waals surface area contributed by atoms with Gasteiger partial charge in [-0.1, -0.05) is 31.2 Å². The summed E-state index contributed by atoms with van der Waals surface area (Å²) in [5.74, 6) is 1.22. The number of aryl methyl sites for hydroxylation is 1. The zero-order valence-corrected chi connectivity index (χ0v) is 17.8. The standard InChI is InChI=1S/C25H19N3O2S/c1-13-6-8-18-20(10-13)31-25-21(18)24(26-12-27-25)28-14-7-9-17-19(11-14)23(30)16-5-3-2-4-15(16)22(17)29/h2-5,7,9,11-13H,6,8,10H2,1H3,(H,26,27,28). The zero-order valence-electron chi connectivity index (χ0n) is 16.9. The smallest absolute Gasteiger partial charge is 0.194 e. The van der Waals surface area contributed by atoms with Crippen molar-refractivity contribution in [2.45, 2.75) is 26.2 Å². The average Bonchev–Trinajstić information content (AvgIpc) is 3.16. The van der Waals surface area contributed by atoms with Gasteiger partial charge in [0.2, 0.25) is 0 Å². The molecule has 2 aromatic heterocycles. The van der Waals surface area contributed by atoms with Crippen LogP contribution in [0.25, 0.3) is 10.2 Å². The topological polar surface area (TPSA) is 72.0 Å². The van der Waals surface area contributed by atoms with Crippen molar-refractivity contribution in [3.05, 3.63) is 81.5 Å². The summed E-state index contributed by atoms with van der Waals surface area (Å²) in [7, 11) is 0. The highest BCUT2D eigenvalue weighted by Gasteiger charge is 2.29. The fourth-order valence-corrected chi connectivity index (χ4v) is 6.03. The zero-order chi connectivity index (χ0) is 21.1. The number of hydrogen-bond acceptors (Lipinski definition) is 6. The number of nitrogens with one attached hydrogen (secondary N) is 1. The molecule has 0 saturated heterocycles. The molecule has 5 nitrogen and oxygen atoms in total. The first-order chi connectivity index (χ1) is 15.1. The molecule has 2 heterocycles. The van der Waals surface area contributed by atoms with Crippen molar-refractivity contribution < 1.29 is 9.59 Å². The number of aromatic nitrogens is 2. The van der Waals surface area contributed by atoms with Gasteiger partial charge in [0.25, 0.3) is 0 Å². The number of carbonyl (C=O) groups excluding carboxylic acids is 2. The molecule has 0 bridgehead atoms. The van der Waals surface area contributed by atoms with E-state index in [1.807, 2.05) is 6.07 Å². The second kappa shape index (κ2) is 6.82. The van der Waals surface area contributed by atoms with Gasteiger partial charge in [-0.3, -0.25) is 9.59 Å². The minimum Gasteiger partial charge on any atom is -0.340 e. The van der Waals surface area contributed by atoms with Crippen LogP contribution in [0, 0.1) is 5.92 Å². The Morgan fingerprint density at radius 2 is 1.71 bits per heavy atom. The Morgan fingerprint density at radius 3 is 2.52 bits per heavy atom. The fraction of sp³-hybridized carbons (Fsp3) is 0.200. The van der Waals surface area contributed by atoms with E-state index in [-0.39, 0.29) is 11.6 Å². The van der Waals surface area contributed by atoms with E-state index in [9.17, 15) is 9.59 Å². The van der Waals surface area contributed by atoms with Gasteiger partial charge in [0.1, 0.15) is 17.0 Å². The van der Waals surface area contributed by atoms with E-state index >= 15 is 0 Å². The number of anilines is 2. The number of nitrogens with zero attached hydrogens (tertiary/aromatic N) is 2. The highest BCUT2D eigenvalue weighted by molar-refractivity contribution is 7.19. The average molecular weight is 426 g/mol. The maximum absolute atomic E-state index is 13.0. The largest absolute Gasteiger partial charge is 0.340 e. The molecule has 0 fully saturated rings. The molecule has 31 heavy (non-hydrogen) atoms. The number of benzene rings is 2. The summed E-state index contributed by atoms with van der Waals surface area (Å²) >= 11 is 1.75. The molecule has 0 radical (unpaired) electrons.